The Labute approximate surface area is 127 Å². The molecule has 0 saturated heterocycles. The molecule has 0 fully saturated rings. The van der Waals surface area contributed by atoms with Crippen molar-refractivity contribution in [3.63, 3.8) is 0 Å². The number of carbonyl (C=O) groups excluding carboxylic acids is 1. The van der Waals surface area contributed by atoms with Crippen LogP contribution in [-0.2, 0) is 18.0 Å². The number of rotatable bonds is 9. The smallest absolute Gasteiger partial charge is 0.454 e. The molecule has 0 spiro atoms. The monoisotopic (exact) mass is 312 g/mol. The fraction of sp³-hybridized carbons (Fsp3) is 0.533. The Morgan fingerprint density at radius 1 is 1.00 bits per heavy atom. The van der Waals surface area contributed by atoms with Crippen molar-refractivity contribution < 1.29 is 22.8 Å². The van der Waals surface area contributed by atoms with Crippen LogP contribution in [0.3, 0.4) is 0 Å². The largest absolute Gasteiger partial charge is 0.543 e. The minimum absolute atomic E-state index is 0.404. The van der Waals surface area contributed by atoms with E-state index in [1.807, 2.05) is 26.8 Å². The maximum absolute atomic E-state index is 12.1. The summed E-state index contributed by atoms with van der Waals surface area (Å²) in [5, 5.41) is 0. The molecule has 1 unspecified atom stereocenters. The van der Waals surface area contributed by atoms with Crippen molar-refractivity contribution in [1.82, 2.24) is 0 Å². The zero-order chi connectivity index (χ0) is 15.7. The van der Waals surface area contributed by atoms with E-state index in [1.54, 1.807) is 31.2 Å². The van der Waals surface area contributed by atoms with Gasteiger partial charge in [0.15, 0.2) is 5.73 Å². The SMILES string of the molecule is CCO[Si](OCC)(OCC)C(C)OC(=O)c1ccccc1. The van der Waals surface area contributed by atoms with Crippen molar-refractivity contribution in [1.29, 1.82) is 0 Å². The van der Waals surface area contributed by atoms with Crippen LogP contribution < -0.4 is 0 Å². The lowest BCUT2D eigenvalue weighted by molar-refractivity contribution is 0.00175. The van der Waals surface area contributed by atoms with Crippen LogP contribution in [0.25, 0.3) is 0 Å². The molecular weight excluding hydrogens is 288 g/mol. The first-order valence-corrected chi connectivity index (χ1v) is 9.07. The van der Waals surface area contributed by atoms with Gasteiger partial charge >= 0.3 is 14.8 Å². The van der Waals surface area contributed by atoms with E-state index >= 15 is 0 Å². The second-order valence-corrected chi connectivity index (χ2v) is 7.20. The summed E-state index contributed by atoms with van der Waals surface area (Å²) in [5.41, 5.74) is -0.0678. The minimum atomic E-state index is -3.04. The Kier molecular flexibility index (Phi) is 7.59. The van der Waals surface area contributed by atoms with E-state index in [4.69, 9.17) is 18.0 Å². The van der Waals surface area contributed by atoms with Gasteiger partial charge in [0.1, 0.15) is 0 Å². The Bertz CT molecular complexity index is 406. The van der Waals surface area contributed by atoms with E-state index in [9.17, 15) is 4.79 Å². The fourth-order valence-electron chi connectivity index (χ4n) is 1.96. The number of hydrogen-bond donors (Lipinski definition) is 0. The van der Waals surface area contributed by atoms with Gasteiger partial charge < -0.3 is 18.0 Å². The van der Waals surface area contributed by atoms with Crippen LogP contribution in [0.1, 0.15) is 38.1 Å². The Balaban J connectivity index is 2.84. The Morgan fingerprint density at radius 3 is 1.90 bits per heavy atom. The average Bonchev–Trinajstić information content (AvgIpc) is 2.48. The summed E-state index contributed by atoms with van der Waals surface area (Å²) in [5.74, 6) is -0.404. The first-order chi connectivity index (χ1) is 10.1. The highest BCUT2D eigenvalue weighted by molar-refractivity contribution is 6.62. The summed E-state index contributed by atoms with van der Waals surface area (Å²) < 4.78 is 22.7. The van der Waals surface area contributed by atoms with Crippen molar-refractivity contribution in [2.75, 3.05) is 19.8 Å². The quantitative estimate of drug-likeness (QED) is 0.518. The lowest BCUT2D eigenvalue weighted by Crippen LogP contribution is -2.57. The highest BCUT2D eigenvalue weighted by atomic mass is 28.4. The van der Waals surface area contributed by atoms with Crippen molar-refractivity contribution in [3.8, 4) is 0 Å². The lowest BCUT2D eigenvalue weighted by atomic mass is 10.2. The molecule has 1 atom stereocenters. The molecule has 118 valence electrons. The highest BCUT2D eigenvalue weighted by Crippen LogP contribution is 2.19. The van der Waals surface area contributed by atoms with Gasteiger partial charge in [0.2, 0.25) is 0 Å². The number of ether oxygens (including phenoxy) is 1. The second kappa shape index (κ2) is 8.94. The van der Waals surface area contributed by atoms with E-state index in [2.05, 4.69) is 0 Å². The Morgan fingerprint density at radius 2 is 1.48 bits per heavy atom. The molecule has 0 aliphatic carbocycles. The number of esters is 1. The molecule has 1 aromatic carbocycles. The summed E-state index contributed by atoms with van der Waals surface area (Å²) >= 11 is 0. The third kappa shape index (κ3) is 4.92. The molecule has 0 aliphatic rings. The molecule has 5 nitrogen and oxygen atoms in total. The Hall–Kier alpha value is -1.21. The summed E-state index contributed by atoms with van der Waals surface area (Å²) in [7, 11) is -3.04. The van der Waals surface area contributed by atoms with Crippen molar-refractivity contribution >= 4 is 14.8 Å². The van der Waals surface area contributed by atoms with Gasteiger partial charge in [0.05, 0.1) is 5.56 Å². The molecule has 21 heavy (non-hydrogen) atoms. The molecule has 0 N–H and O–H groups in total. The van der Waals surface area contributed by atoms with Gasteiger partial charge in [-0.05, 0) is 39.8 Å². The number of hydrogen-bond acceptors (Lipinski definition) is 5. The van der Waals surface area contributed by atoms with Gasteiger partial charge in [-0.25, -0.2) is 4.79 Å². The van der Waals surface area contributed by atoms with Crippen LogP contribution in [0, 0.1) is 0 Å². The molecule has 0 heterocycles. The molecule has 0 aromatic heterocycles. The normalized spacial score (nSPS) is 13.0. The lowest BCUT2D eigenvalue weighted by Gasteiger charge is -2.32. The van der Waals surface area contributed by atoms with Gasteiger partial charge in [-0.15, -0.1) is 0 Å². The van der Waals surface area contributed by atoms with E-state index in [0.29, 0.717) is 25.4 Å². The van der Waals surface area contributed by atoms with E-state index in [1.165, 1.54) is 0 Å². The molecule has 0 amide bonds. The van der Waals surface area contributed by atoms with Crippen LogP contribution >= 0.6 is 0 Å². The summed E-state index contributed by atoms with van der Waals surface area (Å²) in [6.45, 7) is 8.69. The predicted molar refractivity (Wildman–Crippen MR) is 82.0 cm³/mol. The van der Waals surface area contributed by atoms with Crippen molar-refractivity contribution in [3.05, 3.63) is 35.9 Å². The fourth-order valence-corrected chi connectivity index (χ4v) is 4.37. The molecule has 0 saturated carbocycles. The van der Waals surface area contributed by atoms with Gasteiger partial charge in [0, 0.05) is 19.8 Å². The zero-order valence-corrected chi connectivity index (χ0v) is 14.1. The summed E-state index contributed by atoms with van der Waals surface area (Å²) in [6.07, 6.45) is 0. The molecule has 0 aliphatic heterocycles. The third-order valence-corrected chi connectivity index (χ3v) is 6.01. The van der Waals surface area contributed by atoms with Crippen LogP contribution in [0.5, 0.6) is 0 Å². The maximum Gasteiger partial charge on any atom is 0.543 e. The van der Waals surface area contributed by atoms with E-state index in [-0.39, 0.29) is 0 Å². The van der Waals surface area contributed by atoms with E-state index < -0.39 is 20.5 Å². The topological polar surface area (TPSA) is 54.0 Å². The standard InChI is InChI=1S/C15H24O5Si/c1-5-17-21(18-6-2,19-7-3)13(4)20-15(16)14-11-9-8-10-12-14/h8-13H,5-7H2,1-4H3. The van der Waals surface area contributed by atoms with Gasteiger partial charge in [-0.2, -0.15) is 0 Å². The van der Waals surface area contributed by atoms with E-state index in [0.717, 1.165) is 0 Å². The van der Waals surface area contributed by atoms with Gasteiger partial charge in [-0.3, -0.25) is 0 Å². The first-order valence-electron chi connectivity index (χ1n) is 7.27. The average molecular weight is 312 g/mol. The molecule has 0 radical (unpaired) electrons. The van der Waals surface area contributed by atoms with Crippen LogP contribution in [0.4, 0.5) is 0 Å². The van der Waals surface area contributed by atoms with Crippen molar-refractivity contribution in [2.24, 2.45) is 0 Å². The summed E-state index contributed by atoms with van der Waals surface area (Å²) in [6, 6.07) is 8.85. The van der Waals surface area contributed by atoms with Crippen LogP contribution in [0.2, 0.25) is 0 Å². The maximum atomic E-state index is 12.1. The molecule has 0 bridgehead atoms. The van der Waals surface area contributed by atoms with Crippen LogP contribution in [0.15, 0.2) is 30.3 Å². The molecule has 6 heteroatoms. The second-order valence-electron chi connectivity index (χ2n) is 4.32. The first kappa shape index (κ1) is 17.8. The predicted octanol–water partition coefficient (Wildman–Crippen LogP) is 2.82. The van der Waals surface area contributed by atoms with Crippen LogP contribution in [-0.4, -0.2) is 40.3 Å². The molecule has 1 rings (SSSR count). The number of carbonyl (C=O) groups is 1. The number of benzene rings is 1. The highest BCUT2D eigenvalue weighted by Gasteiger charge is 2.49. The zero-order valence-electron chi connectivity index (χ0n) is 13.1. The molecule has 1 aromatic rings. The van der Waals surface area contributed by atoms with Gasteiger partial charge in [-0.1, -0.05) is 18.2 Å². The summed E-state index contributed by atoms with van der Waals surface area (Å²) in [4.78, 5) is 12.1. The molecular formula is C15H24O5Si. The third-order valence-electron chi connectivity index (χ3n) is 2.83. The minimum Gasteiger partial charge on any atom is -0.454 e. The van der Waals surface area contributed by atoms with Crippen molar-refractivity contribution in [2.45, 2.75) is 33.4 Å². The van der Waals surface area contributed by atoms with Gasteiger partial charge in [0.25, 0.3) is 0 Å².